The van der Waals surface area contributed by atoms with Crippen molar-refractivity contribution in [2.75, 3.05) is 7.11 Å². The lowest BCUT2D eigenvalue weighted by Gasteiger charge is -2.11. The molecule has 1 N–H and O–H groups in total. The monoisotopic (exact) mass is 349 g/mol. The normalized spacial score (nSPS) is 11.0. The molecule has 5 nitrogen and oxygen atoms in total. The Balaban J connectivity index is 2.40. The number of benzene rings is 1. The molecule has 0 aliphatic carbocycles. The minimum Gasteiger partial charge on any atom is -0.495 e. The fourth-order valence-electron chi connectivity index (χ4n) is 2.48. The third-order valence-electron chi connectivity index (χ3n) is 3.52. The Morgan fingerprint density at radius 2 is 1.96 bits per heavy atom. The molecule has 0 unspecified atom stereocenters. The predicted molar refractivity (Wildman–Crippen MR) is 90.6 cm³/mol. The minimum absolute atomic E-state index is 0.0815. The number of ether oxygens (including phenoxy) is 1. The molecule has 0 fully saturated rings. The van der Waals surface area contributed by atoms with Gasteiger partial charge in [0, 0.05) is 17.3 Å². The summed E-state index contributed by atoms with van der Waals surface area (Å²) in [5, 5.41) is 1.46. The van der Waals surface area contributed by atoms with Crippen LogP contribution < -0.4 is 4.74 Å². The summed E-state index contributed by atoms with van der Waals surface area (Å²) < 4.78 is 5.25. The zero-order valence-corrected chi connectivity index (χ0v) is 14.2. The topological polar surface area (TPSA) is 67.9 Å². The zero-order valence-electron chi connectivity index (χ0n) is 12.7. The molecule has 3 aromatic rings. The predicted octanol–water partition coefficient (Wildman–Crippen LogP) is 4.45. The summed E-state index contributed by atoms with van der Waals surface area (Å²) in [5.74, 6) is 0.965. The number of hydrogen-bond acceptors (Lipinski definition) is 4. The maximum atomic E-state index is 11.9. The second-order valence-corrected chi connectivity index (χ2v) is 5.88. The molecule has 7 heteroatoms. The van der Waals surface area contributed by atoms with Gasteiger partial charge in [0.05, 0.1) is 28.2 Å². The van der Waals surface area contributed by atoms with Gasteiger partial charge in [-0.25, -0.2) is 9.97 Å². The van der Waals surface area contributed by atoms with Crippen molar-refractivity contribution in [1.82, 2.24) is 15.0 Å². The van der Waals surface area contributed by atoms with Gasteiger partial charge in [-0.05, 0) is 26.0 Å². The van der Waals surface area contributed by atoms with Crippen LogP contribution in [0, 0.1) is 6.92 Å². The van der Waals surface area contributed by atoms with Gasteiger partial charge in [-0.3, -0.25) is 4.79 Å². The molecule has 0 radical (unpaired) electrons. The van der Waals surface area contributed by atoms with Crippen molar-refractivity contribution in [2.45, 2.75) is 13.8 Å². The van der Waals surface area contributed by atoms with Gasteiger partial charge in [0.15, 0.2) is 5.78 Å². The molecule has 0 aliphatic rings. The highest BCUT2D eigenvalue weighted by atomic mass is 35.5. The molecule has 0 atom stereocenters. The van der Waals surface area contributed by atoms with E-state index in [1.165, 1.54) is 14.0 Å². The number of methoxy groups -OCH3 is 1. The van der Waals surface area contributed by atoms with E-state index in [1.54, 1.807) is 25.3 Å². The average molecular weight is 350 g/mol. The lowest BCUT2D eigenvalue weighted by atomic mass is 10.0. The van der Waals surface area contributed by atoms with Crippen molar-refractivity contribution in [3.8, 4) is 17.0 Å². The minimum atomic E-state index is -0.0815. The smallest absolute Gasteiger partial charge is 0.162 e. The highest BCUT2D eigenvalue weighted by molar-refractivity contribution is 6.37. The Morgan fingerprint density at radius 3 is 2.61 bits per heavy atom. The number of ketones is 1. The van der Waals surface area contributed by atoms with Crippen LogP contribution in [0.5, 0.6) is 5.75 Å². The number of nitrogens with zero attached hydrogens (tertiary/aromatic N) is 2. The number of halogens is 2. The number of aromatic amines is 1. The molecule has 2 heterocycles. The number of hydrogen-bond donors (Lipinski definition) is 1. The molecule has 0 bridgehead atoms. The maximum Gasteiger partial charge on any atom is 0.162 e. The van der Waals surface area contributed by atoms with Crippen molar-refractivity contribution in [2.24, 2.45) is 0 Å². The van der Waals surface area contributed by atoms with Crippen LogP contribution in [-0.4, -0.2) is 27.8 Å². The molecule has 118 valence electrons. The van der Waals surface area contributed by atoms with Crippen LogP contribution in [0.3, 0.4) is 0 Å². The number of Topliss-reactive ketones (excluding diaryl/α,β-unsaturated/α-hetero) is 1. The largest absolute Gasteiger partial charge is 0.495 e. The summed E-state index contributed by atoms with van der Waals surface area (Å²) in [6.45, 7) is 3.27. The summed E-state index contributed by atoms with van der Waals surface area (Å²) in [4.78, 5) is 23.7. The Morgan fingerprint density at radius 1 is 1.22 bits per heavy atom. The van der Waals surface area contributed by atoms with Crippen LogP contribution in [-0.2, 0) is 0 Å². The van der Waals surface area contributed by atoms with Crippen LogP contribution >= 0.6 is 23.2 Å². The molecule has 23 heavy (non-hydrogen) atoms. The number of carbonyl (C=O) groups excluding carboxylic acids is 1. The first-order valence-electron chi connectivity index (χ1n) is 6.82. The zero-order chi connectivity index (χ0) is 16.7. The number of nitrogens with one attached hydrogen (secondary N) is 1. The molecule has 3 rings (SSSR count). The van der Waals surface area contributed by atoms with Gasteiger partial charge in [-0.15, -0.1) is 0 Å². The SMILES string of the molecule is COc1cc(-c2nc(C)nc3[nH]cc(C(C)=O)c23)c(Cl)cc1Cl. The van der Waals surface area contributed by atoms with Gasteiger partial charge in [0.2, 0.25) is 0 Å². The Hall–Kier alpha value is -2.11. The third-order valence-corrected chi connectivity index (χ3v) is 4.13. The van der Waals surface area contributed by atoms with E-state index in [-0.39, 0.29) is 5.78 Å². The van der Waals surface area contributed by atoms with E-state index >= 15 is 0 Å². The standard InChI is InChI=1S/C16H13Cl2N3O2/c1-7(22)10-6-19-16-14(10)15(20-8(2)21-16)9-4-13(23-3)12(18)5-11(9)17/h4-6H,1-3H3,(H,19,20,21). The van der Waals surface area contributed by atoms with Crippen molar-refractivity contribution in [1.29, 1.82) is 0 Å². The Labute approximate surface area is 142 Å². The molecular formula is C16H13Cl2N3O2. The molecule has 1 aromatic carbocycles. The van der Waals surface area contributed by atoms with Gasteiger partial charge in [-0.2, -0.15) is 0 Å². The van der Waals surface area contributed by atoms with Crippen LogP contribution in [0.4, 0.5) is 0 Å². The highest BCUT2D eigenvalue weighted by Crippen LogP contribution is 2.39. The van der Waals surface area contributed by atoms with Gasteiger partial charge in [0.25, 0.3) is 0 Å². The molecule has 0 saturated heterocycles. The molecular weight excluding hydrogens is 337 g/mol. The second kappa shape index (κ2) is 5.83. The highest BCUT2D eigenvalue weighted by Gasteiger charge is 2.19. The van der Waals surface area contributed by atoms with Crippen molar-refractivity contribution >= 4 is 40.0 Å². The summed E-state index contributed by atoms with van der Waals surface area (Å²) in [5.41, 5.74) is 2.30. The fraction of sp³-hybridized carbons (Fsp3) is 0.188. The number of fused-ring (bicyclic) bond motifs is 1. The van der Waals surface area contributed by atoms with Crippen molar-refractivity contribution in [3.05, 3.63) is 39.8 Å². The first-order chi connectivity index (χ1) is 10.9. The number of aryl methyl sites for hydroxylation is 1. The molecule has 0 aliphatic heterocycles. The van der Waals surface area contributed by atoms with E-state index in [9.17, 15) is 4.79 Å². The summed E-state index contributed by atoms with van der Waals surface area (Å²) in [6.07, 6.45) is 1.63. The van der Waals surface area contributed by atoms with E-state index in [1.807, 2.05) is 0 Å². The van der Waals surface area contributed by atoms with Gasteiger partial charge in [0.1, 0.15) is 17.2 Å². The van der Waals surface area contributed by atoms with Crippen LogP contribution in [0.25, 0.3) is 22.3 Å². The summed E-state index contributed by atoms with van der Waals surface area (Å²) in [7, 11) is 1.52. The fourth-order valence-corrected chi connectivity index (χ4v) is 3.03. The van der Waals surface area contributed by atoms with Crippen molar-refractivity contribution in [3.63, 3.8) is 0 Å². The number of H-pyrrole nitrogens is 1. The lowest BCUT2D eigenvalue weighted by Crippen LogP contribution is -1.98. The second-order valence-electron chi connectivity index (χ2n) is 5.07. The van der Waals surface area contributed by atoms with Gasteiger partial charge in [-0.1, -0.05) is 23.2 Å². The Bertz CT molecular complexity index is 935. The van der Waals surface area contributed by atoms with E-state index < -0.39 is 0 Å². The number of rotatable bonds is 3. The van der Waals surface area contributed by atoms with E-state index in [4.69, 9.17) is 27.9 Å². The molecule has 0 spiro atoms. The van der Waals surface area contributed by atoms with Crippen LogP contribution in [0.2, 0.25) is 10.0 Å². The van der Waals surface area contributed by atoms with E-state index in [0.29, 0.717) is 49.5 Å². The van der Waals surface area contributed by atoms with Crippen molar-refractivity contribution < 1.29 is 9.53 Å². The van der Waals surface area contributed by atoms with Gasteiger partial charge < -0.3 is 9.72 Å². The molecule has 0 saturated carbocycles. The third kappa shape index (κ3) is 2.66. The average Bonchev–Trinajstić information content (AvgIpc) is 2.90. The summed E-state index contributed by atoms with van der Waals surface area (Å²) >= 11 is 12.4. The molecule has 2 aromatic heterocycles. The first kappa shape index (κ1) is 15.8. The Kier molecular flexibility index (Phi) is 4.00. The van der Waals surface area contributed by atoms with E-state index in [0.717, 1.165) is 0 Å². The van der Waals surface area contributed by atoms with Crippen LogP contribution in [0.1, 0.15) is 23.1 Å². The van der Waals surface area contributed by atoms with Crippen LogP contribution in [0.15, 0.2) is 18.3 Å². The van der Waals surface area contributed by atoms with Gasteiger partial charge >= 0.3 is 0 Å². The maximum absolute atomic E-state index is 11.9. The molecule has 0 amide bonds. The van der Waals surface area contributed by atoms with E-state index in [2.05, 4.69) is 15.0 Å². The quantitative estimate of drug-likeness (QED) is 0.709. The first-order valence-corrected chi connectivity index (χ1v) is 7.58. The number of aromatic nitrogens is 3. The lowest BCUT2D eigenvalue weighted by molar-refractivity contribution is 0.101. The summed E-state index contributed by atoms with van der Waals surface area (Å²) in [6, 6.07) is 3.31. The number of carbonyl (C=O) groups is 1.